The van der Waals surface area contributed by atoms with Gasteiger partial charge in [-0.05, 0) is 17.8 Å². The van der Waals surface area contributed by atoms with Crippen LogP contribution < -0.4 is 0 Å². The molecule has 0 aromatic heterocycles. The van der Waals surface area contributed by atoms with Crippen molar-refractivity contribution in [1.82, 2.24) is 0 Å². The monoisotopic (exact) mass is 254 g/mol. The Morgan fingerprint density at radius 1 is 0.500 bits per heavy atom. The average molecular weight is 255 g/mol. The number of rotatable bonds is 12. The van der Waals surface area contributed by atoms with Gasteiger partial charge in [-0.3, -0.25) is 0 Å². The first-order chi connectivity index (χ1) is 8.60. The molecule has 0 rings (SSSR count). The molecule has 0 heterocycles. The summed E-state index contributed by atoms with van der Waals surface area (Å²) in [4.78, 5) is 0. The van der Waals surface area contributed by atoms with Gasteiger partial charge in [0, 0.05) is 0 Å². The minimum Gasteiger partial charge on any atom is -0.0651 e. The highest BCUT2D eigenvalue weighted by atomic mass is 14.1. The van der Waals surface area contributed by atoms with Gasteiger partial charge in [0.05, 0.1) is 0 Å². The van der Waals surface area contributed by atoms with E-state index in [-0.39, 0.29) is 0 Å². The third-order valence-corrected chi connectivity index (χ3v) is 4.68. The van der Waals surface area contributed by atoms with E-state index in [4.69, 9.17) is 0 Å². The summed E-state index contributed by atoms with van der Waals surface area (Å²) in [5.41, 5.74) is 0. The molecule has 0 radical (unpaired) electrons. The third-order valence-electron chi connectivity index (χ3n) is 4.68. The molecule has 0 N–H and O–H groups in total. The van der Waals surface area contributed by atoms with Crippen LogP contribution in [-0.4, -0.2) is 0 Å². The summed E-state index contributed by atoms with van der Waals surface area (Å²) in [5.74, 6) is 2.84. The first-order valence-corrected chi connectivity index (χ1v) is 8.60. The molecule has 18 heavy (non-hydrogen) atoms. The van der Waals surface area contributed by atoms with E-state index in [0.717, 1.165) is 17.8 Å². The Bertz CT molecular complexity index is 161. The maximum absolute atomic E-state index is 2.45. The van der Waals surface area contributed by atoms with Crippen LogP contribution in [0.25, 0.3) is 0 Å². The number of unbranched alkanes of at least 4 members (excludes halogenated alkanes) is 2. The fourth-order valence-corrected chi connectivity index (χ4v) is 2.53. The van der Waals surface area contributed by atoms with Crippen molar-refractivity contribution in [1.29, 1.82) is 0 Å². The molecule has 0 aliphatic carbocycles. The van der Waals surface area contributed by atoms with Gasteiger partial charge >= 0.3 is 0 Å². The zero-order valence-electron chi connectivity index (χ0n) is 13.8. The zero-order valence-corrected chi connectivity index (χ0v) is 13.8. The van der Waals surface area contributed by atoms with Crippen molar-refractivity contribution in [2.75, 3.05) is 0 Å². The van der Waals surface area contributed by atoms with Gasteiger partial charge in [-0.15, -0.1) is 0 Å². The summed E-state index contributed by atoms with van der Waals surface area (Å²) in [6.07, 6.45) is 14.3. The number of hydrogen-bond acceptors (Lipinski definition) is 0. The summed E-state index contributed by atoms with van der Waals surface area (Å²) in [6.45, 7) is 11.8. The van der Waals surface area contributed by atoms with Gasteiger partial charge in [0.2, 0.25) is 0 Å². The van der Waals surface area contributed by atoms with E-state index >= 15 is 0 Å². The highest BCUT2D eigenvalue weighted by Crippen LogP contribution is 2.20. The lowest BCUT2D eigenvalue weighted by Gasteiger charge is -2.13. The summed E-state index contributed by atoms with van der Waals surface area (Å²) in [6, 6.07) is 0. The Morgan fingerprint density at radius 2 is 0.889 bits per heavy atom. The predicted octanol–water partition coefficient (Wildman–Crippen LogP) is 6.84. The minimum atomic E-state index is 0.938. The fourth-order valence-electron chi connectivity index (χ4n) is 2.53. The summed E-state index contributed by atoms with van der Waals surface area (Å²) in [5, 5.41) is 0. The molecule has 110 valence electrons. The molecular weight excluding hydrogens is 216 g/mol. The van der Waals surface area contributed by atoms with E-state index < -0.39 is 0 Å². The van der Waals surface area contributed by atoms with Crippen LogP contribution in [0.2, 0.25) is 0 Å². The summed E-state index contributed by atoms with van der Waals surface area (Å²) < 4.78 is 0. The van der Waals surface area contributed by atoms with E-state index in [9.17, 15) is 0 Å². The van der Waals surface area contributed by atoms with Crippen molar-refractivity contribution in [2.45, 2.75) is 98.8 Å². The first kappa shape index (κ1) is 18.0. The van der Waals surface area contributed by atoms with E-state index in [0.29, 0.717) is 0 Å². The van der Waals surface area contributed by atoms with Gasteiger partial charge in [0.1, 0.15) is 0 Å². The van der Waals surface area contributed by atoms with Crippen molar-refractivity contribution in [3.05, 3.63) is 0 Å². The van der Waals surface area contributed by atoms with Crippen LogP contribution in [0.3, 0.4) is 0 Å². The molecule has 0 aromatic carbocycles. The van der Waals surface area contributed by atoms with Crippen LogP contribution in [0.5, 0.6) is 0 Å². The molecule has 3 unspecified atom stereocenters. The molecular formula is C18H38. The Balaban J connectivity index is 3.29. The van der Waals surface area contributed by atoms with Crippen molar-refractivity contribution < 1.29 is 0 Å². The maximum atomic E-state index is 2.45. The van der Waals surface area contributed by atoms with E-state index in [1.54, 1.807) is 0 Å². The van der Waals surface area contributed by atoms with Crippen molar-refractivity contribution in [3.63, 3.8) is 0 Å². The largest absolute Gasteiger partial charge is 0.0651 e. The standard InChI is InChI=1S/C18H38/c1-6-16(3)12-9-8-10-13-18(5)15-11-14-17(4)7-2/h16-18H,6-15H2,1-5H3. The van der Waals surface area contributed by atoms with Crippen LogP contribution in [0, 0.1) is 17.8 Å². The highest BCUT2D eigenvalue weighted by molar-refractivity contribution is 4.58. The van der Waals surface area contributed by atoms with E-state index in [2.05, 4.69) is 34.6 Å². The summed E-state index contributed by atoms with van der Waals surface area (Å²) in [7, 11) is 0. The molecule has 3 atom stereocenters. The van der Waals surface area contributed by atoms with Crippen LogP contribution in [0.15, 0.2) is 0 Å². The van der Waals surface area contributed by atoms with Gasteiger partial charge in [-0.2, -0.15) is 0 Å². The fraction of sp³-hybridized carbons (Fsp3) is 1.00. The zero-order chi connectivity index (χ0) is 13.8. The second-order valence-corrected chi connectivity index (χ2v) is 6.70. The quantitative estimate of drug-likeness (QED) is 0.335. The average Bonchev–Trinajstić information content (AvgIpc) is 2.37. The molecule has 0 aliphatic heterocycles. The van der Waals surface area contributed by atoms with Crippen molar-refractivity contribution >= 4 is 0 Å². The SMILES string of the molecule is CCC(C)CCCCCC(C)CCCC(C)CC. The van der Waals surface area contributed by atoms with Gasteiger partial charge in [-0.25, -0.2) is 0 Å². The van der Waals surface area contributed by atoms with E-state index in [1.165, 1.54) is 64.2 Å². The molecule has 0 heteroatoms. The van der Waals surface area contributed by atoms with Crippen LogP contribution >= 0.6 is 0 Å². The highest BCUT2D eigenvalue weighted by Gasteiger charge is 2.05. The predicted molar refractivity (Wildman–Crippen MR) is 85.0 cm³/mol. The van der Waals surface area contributed by atoms with E-state index in [1.807, 2.05) is 0 Å². The Morgan fingerprint density at radius 3 is 1.39 bits per heavy atom. The third kappa shape index (κ3) is 11.1. The number of hydrogen-bond donors (Lipinski definition) is 0. The lowest BCUT2D eigenvalue weighted by atomic mass is 9.93. The molecule has 0 spiro atoms. The molecule has 0 fully saturated rings. The molecule has 0 saturated heterocycles. The summed E-state index contributed by atoms with van der Waals surface area (Å²) >= 11 is 0. The molecule has 0 aliphatic rings. The smallest absolute Gasteiger partial charge is 0.0443 e. The lowest BCUT2D eigenvalue weighted by molar-refractivity contribution is 0.399. The van der Waals surface area contributed by atoms with Gasteiger partial charge < -0.3 is 0 Å². The van der Waals surface area contributed by atoms with Crippen molar-refractivity contribution in [2.24, 2.45) is 17.8 Å². The van der Waals surface area contributed by atoms with Gasteiger partial charge in [-0.1, -0.05) is 98.8 Å². The van der Waals surface area contributed by atoms with Crippen LogP contribution in [0.4, 0.5) is 0 Å². The minimum absolute atomic E-state index is 0.938. The molecule has 0 aromatic rings. The Hall–Kier alpha value is 0. The molecule has 0 bridgehead atoms. The van der Waals surface area contributed by atoms with Gasteiger partial charge in [0.15, 0.2) is 0 Å². The van der Waals surface area contributed by atoms with Crippen molar-refractivity contribution in [3.8, 4) is 0 Å². The lowest BCUT2D eigenvalue weighted by Crippen LogP contribution is -1.98. The normalized spacial score (nSPS) is 16.5. The maximum Gasteiger partial charge on any atom is -0.0443 e. The second kappa shape index (κ2) is 12.1. The first-order valence-electron chi connectivity index (χ1n) is 8.60. The Kier molecular flexibility index (Phi) is 12.1. The molecule has 0 amide bonds. The topological polar surface area (TPSA) is 0 Å². The van der Waals surface area contributed by atoms with Crippen LogP contribution in [0.1, 0.15) is 98.8 Å². The second-order valence-electron chi connectivity index (χ2n) is 6.70. The van der Waals surface area contributed by atoms with Crippen LogP contribution in [-0.2, 0) is 0 Å². The van der Waals surface area contributed by atoms with Gasteiger partial charge in [0.25, 0.3) is 0 Å². The molecule has 0 saturated carbocycles. The molecule has 0 nitrogen and oxygen atoms in total. The Labute approximate surface area is 117 Å².